The van der Waals surface area contributed by atoms with Gasteiger partial charge in [0.15, 0.2) is 0 Å². The average Bonchev–Trinajstić information content (AvgIpc) is 2.78. The molecule has 1 heterocycles. The summed E-state index contributed by atoms with van der Waals surface area (Å²) < 4.78 is 0. The molecule has 5 nitrogen and oxygen atoms in total. The molecule has 0 aliphatic carbocycles. The molecule has 1 aliphatic heterocycles. The topological polar surface area (TPSA) is 75.4 Å². The summed E-state index contributed by atoms with van der Waals surface area (Å²) in [5.41, 5.74) is 4.87. The molecule has 0 bridgehead atoms. The summed E-state index contributed by atoms with van der Waals surface area (Å²) in [6.45, 7) is 5.52. The fourth-order valence-electron chi connectivity index (χ4n) is 1.57. The lowest BCUT2D eigenvalue weighted by molar-refractivity contribution is -0.134. The van der Waals surface area contributed by atoms with Crippen molar-refractivity contribution >= 4 is 24.2 Å². The van der Waals surface area contributed by atoms with Crippen LogP contribution in [0.1, 0.15) is 26.7 Å². The van der Waals surface area contributed by atoms with Crippen molar-refractivity contribution in [1.82, 2.24) is 10.2 Å². The highest BCUT2D eigenvalue weighted by atomic mass is 35.5. The molecule has 1 aliphatic rings. The Morgan fingerprint density at radius 1 is 1.29 bits per heavy atom. The van der Waals surface area contributed by atoms with Crippen LogP contribution in [0.4, 0.5) is 0 Å². The van der Waals surface area contributed by atoms with Gasteiger partial charge in [0.25, 0.3) is 0 Å². The molecule has 0 aromatic rings. The molecule has 6 heteroatoms. The maximum absolute atomic E-state index is 11.7. The Balaban J connectivity index is 0.00000256. The minimum atomic E-state index is -0.606. The van der Waals surface area contributed by atoms with E-state index >= 15 is 0 Å². The van der Waals surface area contributed by atoms with E-state index in [2.05, 4.69) is 5.32 Å². The van der Waals surface area contributed by atoms with Crippen molar-refractivity contribution in [2.75, 3.05) is 26.2 Å². The van der Waals surface area contributed by atoms with Gasteiger partial charge in [-0.25, -0.2) is 0 Å². The van der Waals surface area contributed by atoms with Gasteiger partial charge in [-0.15, -0.1) is 12.4 Å². The fraction of sp³-hybridized carbons (Fsp3) is 0.818. The van der Waals surface area contributed by atoms with Crippen molar-refractivity contribution in [3.8, 4) is 0 Å². The van der Waals surface area contributed by atoms with Gasteiger partial charge in [0.2, 0.25) is 11.8 Å². The second-order valence-corrected chi connectivity index (χ2v) is 4.86. The SMILES string of the molecule is CC(C)(CN)C(=O)NCC(=O)N1CCCC1.Cl. The van der Waals surface area contributed by atoms with Crippen molar-refractivity contribution in [3.05, 3.63) is 0 Å². The number of hydrogen-bond acceptors (Lipinski definition) is 3. The molecule has 0 aromatic heterocycles. The number of nitrogens with one attached hydrogen (secondary N) is 1. The number of nitrogens with two attached hydrogens (primary N) is 1. The first kappa shape index (κ1) is 16.2. The van der Waals surface area contributed by atoms with Crippen LogP contribution in [0.15, 0.2) is 0 Å². The van der Waals surface area contributed by atoms with Gasteiger partial charge < -0.3 is 16.0 Å². The van der Waals surface area contributed by atoms with Crippen LogP contribution in [0.2, 0.25) is 0 Å². The lowest BCUT2D eigenvalue weighted by Gasteiger charge is -2.22. The fourth-order valence-corrected chi connectivity index (χ4v) is 1.57. The molecular formula is C11H22ClN3O2. The first-order chi connectivity index (χ1) is 7.47. The van der Waals surface area contributed by atoms with E-state index < -0.39 is 5.41 Å². The number of likely N-dealkylation sites (tertiary alicyclic amines) is 1. The lowest BCUT2D eigenvalue weighted by Crippen LogP contribution is -2.46. The van der Waals surface area contributed by atoms with Crippen LogP contribution >= 0.6 is 12.4 Å². The van der Waals surface area contributed by atoms with Crippen molar-refractivity contribution in [2.45, 2.75) is 26.7 Å². The molecule has 0 unspecified atom stereocenters. The van der Waals surface area contributed by atoms with Crippen molar-refractivity contribution in [1.29, 1.82) is 0 Å². The maximum atomic E-state index is 11.7. The molecule has 0 spiro atoms. The summed E-state index contributed by atoms with van der Waals surface area (Å²) in [4.78, 5) is 25.1. The van der Waals surface area contributed by atoms with Gasteiger partial charge in [-0.3, -0.25) is 9.59 Å². The van der Waals surface area contributed by atoms with Crippen LogP contribution in [-0.4, -0.2) is 42.9 Å². The summed E-state index contributed by atoms with van der Waals surface area (Å²) in [5, 5.41) is 2.64. The molecule has 1 rings (SSSR count). The summed E-state index contributed by atoms with van der Waals surface area (Å²) in [7, 11) is 0. The highest BCUT2D eigenvalue weighted by Crippen LogP contribution is 2.12. The van der Waals surface area contributed by atoms with E-state index in [1.807, 2.05) is 0 Å². The highest BCUT2D eigenvalue weighted by molar-refractivity contribution is 5.87. The smallest absolute Gasteiger partial charge is 0.241 e. The summed E-state index contributed by atoms with van der Waals surface area (Å²) in [6.07, 6.45) is 2.13. The Morgan fingerprint density at radius 2 is 1.82 bits per heavy atom. The quantitative estimate of drug-likeness (QED) is 0.757. The number of rotatable bonds is 4. The number of halogens is 1. The molecule has 3 N–H and O–H groups in total. The van der Waals surface area contributed by atoms with E-state index in [1.165, 1.54) is 0 Å². The van der Waals surface area contributed by atoms with Gasteiger partial charge >= 0.3 is 0 Å². The first-order valence-electron chi connectivity index (χ1n) is 5.73. The second kappa shape index (κ2) is 6.81. The molecule has 100 valence electrons. The summed E-state index contributed by atoms with van der Waals surface area (Å²) in [6, 6.07) is 0. The van der Waals surface area contributed by atoms with E-state index in [-0.39, 0.29) is 37.3 Å². The van der Waals surface area contributed by atoms with Gasteiger partial charge in [-0.05, 0) is 26.7 Å². The molecule has 2 amide bonds. The van der Waals surface area contributed by atoms with Gasteiger partial charge in [0, 0.05) is 19.6 Å². The van der Waals surface area contributed by atoms with Gasteiger partial charge in [-0.1, -0.05) is 0 Å². The predicted octanol–water partition coefficient (Wildman–Crippen LogP) is 0.132. The minimum Gasteiger partial charge on any atom is -0.347 e. The zero-order chi connectivity index (χ0) is 12.2. The van der Waals surface area contributed by atoms with Gasteiger partial charge in [0.1, 0.15) is 0 Å². The molecule has 0 atom stereocenters. The Hall–Kier alpha value is -0.810. The van der Waals surface area contributed by atoms with Crippen LogP contribution < -0.4 is 11.1 Å². The Bertz CT molecular complexity index is 276. The summed E-state index contributed by atoms with van der Waals surface area (Å²) >= 11 is 0. The number of amides is 2. The Morgan fingerprint density at radius 3 is 2.29 bits per heavy atom. The van der Waals surface area contributed by atoms with E-state index in [1.54, 1.807) is 18.7 Å². The Labute approximate surface area is 109 Å². The van der Waals surface area contributed by atoms with Crippen molar-refractivity contribution in [2.24, 2.45) is 11.1 Å². The monoisotopic (exact) mass is 263 g/mol. The average molecular weight is 264 g/mol. The maximum Gasteiger partial charge on any atom is 0.241 e. The summed E-state index contributed by atoms with van der Waals surface area (Å²) in [5.74, 6) is -0.166. The van der Waals surface area contributed by atoms with Crippen molar-refractivity contribution in [3.63, 3.8) is 0 Å². The standard InChI is InChI=1S/C11H21N3O2.ClH/c1-11(2,8-12)10(16)13-7-9(15)14-5-3-4-6-14;/h3-8,12H2,1-2H3,(H,13,16);1H. The minimum absolute atomic E-state index is 0. The van der Waals surface area contributed by atoms with Crippen LogP contribution in [0.3, 0.4) is 0 Å². The van der Waals surface area contributed by atoms with E-state index in [9.17, 15) is 9.59 Å². The highest BCUT2D eigenvalue weighted by Gasteiger charge is 2.26. The molecule has 1 fully saturated rings. The van der Waals surface area contributed by atoms with Gasteiger partial charge in [0.05, 0.1) is 12.0 Å². The Kier molecular flexibility index (Phi) is 6.49. The molecule has 0 saturated carbocycles. The van der Waals surface area contributed by atoms with Crippen LogP contribution in [0.5, 0.6) is 0 Å². The zero-order valence-corrected chi connectivity index (χ0v) is 11.3. The third-order valence-corrected chi connectivity index (χ3v) is 2.98. The first-order valence-corrected chi connectivity index (χ1v) is 5.73. The lowest BCUT2D eigenvalue weighted by atomic mass is 9.93. The largest absolute Gasteiger partial charge is 0.347 e. The molecule has 1 saturated heterocycles. The van der Waals surface area contributed by atoms with E-state index in [0.29, 0.717) is 0 Å². The third kappa shape index (κ3) is 4.52. The molecular weight excluding hydrogens is 242 g/mol. The number of nitrogens with zero attached hydrogens (tertiary/aromatic N) is 1. The molecule has 0 aromatic carbocycles. The number of carbonyl (C=O) groups is 2. The molecule has 0 radical (unpaired) electrons. The van der Waals surface area contributed by atoms with E-state index in [4.69, 9.17) is 5.73 Å². The number of carbonyl (C=O) groups excluding carboxylic acids is 2. The van der Waals surface area contributed by atoms with Crippen LogP contribution in [-0.2, 0) is 9.59 Å². The normalized spacial score (nSPS) is 15.4. The van der Waals surface area contributed by atoms with Gasteiger partial charge in [-0.2, -0.15) is 0 Å². The molecule has 17 heavy (non-hydrogen) atoms. The number of hydrogen-bond donors (Lipinski definition) is 2. The van der Waals surface area contributed by atoms with Crippen LogP contribution in [0, 0.1) is 5.41 Å². The zero-order valence-electron chi connectivity index (χ0n) is 10.5. The van der Waals surface area contributed by atoms with Crippen molar-refractivity contribution < 1.29 is 9.59 Å². The second-order valence-electron chi connectivity index (χ2n) is 4.86. The van der Waals surface area contributed by atoms with Crippen LogP contribution in [0.25, 0.3) is 0 Å². The predicted molar refractivity (Wildman–Crippen MR) is 68.9 cm³/mol. The third-order valence-electron chi connectivity index (χ3n) is 2.98. The van der Waals surface area contributed by atoms with E-state index in [0.717, 1.165) is 25.9 Å².